The maximum Gasteiger partial charge on any atom is 0.160 e. The van der Waals surface area contributed by atoms with Gasteiger partial charge >= 0.3 is 0 Å². The van der Waals surface area contributed by atoms with Gasteiger partial charge in [-0.15, -0.1) is 0 Å². The lowest BCUT2D eigenvalue weighted by atomic mass is 9.98. The van der Waals surface area contributed by atoms with E-state index in [-0.39, 0.29) is 5.92 Å². The summed E-state index contributed by atoms with van der Waals surface area (Å²) >= 11 is 0. The van der Waals surface area contributed by atoms with E-state index in [0.29, 0.717) is 5.82 Å². The Morgan fingerprint density at radius 3 is 1.81 bits per heavy atom. The number of allylic oxidation sites excluding steroid dienone is 4. The van der Waals surface area contributed by atoms with E-state index in [0.717, 1.165) is 73.2 Å². The summed E-state index contributed by atoms with van der Waals surface area (Å²) in [5, 5.41) is 4.62. The molecule has 53 heavy (non-hydrogen) atoms. The van der Waals surface area contributed by atoms with Crippen LogP contribution < -0.4 is 0 Å². The minimum absolute atomic E-state index is 0.196. The van der Waals surface area contributed by atoms with Crippen LogP contribution in [0.5, 0.6) is 0 Å². The largest absolute Gasteiger partial charge is 0.296 e. The average Bonchev–Trinajstić information content (AvgIpc) is 3.64. The molecule has 0 bridgehead atoms. The molecule has 250 valence electrons. The van der Waals surface area contributed by atoms with E-state index in [2.05, 4.69) is 181 Å². The molecule has 0 radical (unpaired) electrons. The van der Waals surface area contributed by atoms with E-state index in [1.54, 1.807) is 0 Å². The average molecular weight is 679 g/mol. The van der Waals surface area contributed by atoms with Crippen molar-refractivity contribution in [2.24, 2.45) is 0 Å². The van der Waals surface area contributed by atoms with Gasteiger partial charge in [0, 0.05) is 33.7 Å². The van der Waals surface area contributed by atoms with Crippen molar-refractivity contribution in [1.29, 1.82) is 0 Å². The fourth-order valence-corrected chi connectivity index (χ4v) is 7.66. The van der Waals surface area contributed by atoms with Crippen LogP contribution in [0.15, 0.2) is 188 Å². The Kier molecular flexibility index (Phi) is 7.58. The van der Waals surface area contributed by atoms with Crippen molar-refractivity contribution < 1.29 is 0 Å². The molecule has 0 amide bonds. The minimum atomic E-state index is 0.196. The van der Waals surface area contributed by atoms with Gasteiger partial charge in [0.1, 0.15) is 5.82 Å². The van der Waals surface area contributed by atoms with Gasteiger partial charge in [0.2, 0.25) is 0 Å². The molecule has 0 saturated carbocycles. The molecule has 0 fully saturated rings. The van der Waals surface area contributed by atoms with Gasteiger partial charge in [-0.2, -0.15) is 0 Å². The summed E-state index contributed by atoms with van der Waals surface area (Å²) in [6.07, 6.45) is 9.68. The molecule has 2 aromatic heterocycles. The number of para-hydroxylation sites is 1. The lowest BCUT2D eigenvalue weighted by Crippen LogP contribution is -2.06. The summed E-state index contributed by atoms with van der Waals surface area (Å²) < 4.78 is 2.34. The Hall–Kier alpha value is -6.91. The molecule has 4 heteroatoms. The molecule has 0 saturated heterocycles. The molecule has 1 aliphatic carbocycles. The first kappa shape index (κ1) is 30.9. The normalized spacial score (nSPS) is 14.0. The Morgan fingerprint density at radius 1 is 0.491 bits per heavy atom. The number of aromatic nitrogens is 4. The second-order valence-corrected chi connectivity index (χ2v) is 13.6. The number of imidazole rings is 1. The Labute approximate surface area is 308 Å². The van der Waals surface area contributed by atoms with E-state index in [9.17, 15) is 0 Å². The lowest BCUT2D eigenvalue weighted by molar-refractivity contribution is 0.758. The van der Waals surface area contributed by atoms with Crippen LogP contribution >= 0.6 is 0 Å². The first-order valence-electron chi connectivity index (χ1n) is 18.1. The topological polar surface area (TPSA) is 43.6 Å². The quantitative estimate of drug-likeness (QED) is 0.164. The van der Waals surface area contributed by atoms with Crippen LogP contribution in [0.2, 0.25) is 0 Å². The molecular formula is C49H34N4. The smallest absolute Gasteiger partial charge is 0.160 e. The molecule has 1 atom stereocenters. The predicted octanol–water partition coefficient (Wildman–Crippen LogP) is 12.4. The van der Waals surface area contributed by atoms with E-state index >= 15 is 0 Å². The van der Waals surface area contributed by atoms with Gasteiger partial charge in [0.15, 0.2) is 5.82 Å². The van der Waals surface area contributed by atoms with Crippen molar-refractivity contribution >= 4 is 32.6 Å². The standard InChI is InChI=1S/C49H34N4/c1-5-13-33(14-6-1)34-21-23-36(24-22-34)44-32-43(35-15-7-2-8-16-35)50-48(51-44)40-27-29-42-39(31-40)26-25-37-28-30-45-47(46(37)42)52-49(38-17-9-3-10-18-38)53(45)41-19-11-4-12-20-41/h1-17,19-32,38H,18H2. The van der Waals surface area contributed by atoms with E-state index in [1.807, 2.05) is 12.1 Å². The molecule has 0 spiro atoms. The zero-order valence-electron chi connectivity index (χ0n) is 29.0. The first-order chi connectivity index (χ1) is 26.3. The third-order valence-electron chi connectivity index (χ3n) is 10.3. The van der Waals surface area contributed by atoms with Gasteiger partial charge in [-0.3, -0.25) is 4.57 Å². The molecule has 1 unspecified atom stereocenters. The summed E-state index contributed by atoms with van der Waals surface area (Å²) in [5.41, 5.74) is 10.5. The zero-order chi connectivity index (χ0) is 35.1. The van der Waals surface area contributed by atoms with Crippen LogP contribution in [-0.4, -0.2) is 19.5 Å². The highest BCUT2D eigenvalue weighted by Gasteiger charge is 2.22. The minimum Gasteiger partial charge on any atom is -0.296 e. The van der Waals surface area contributed by atoms with E-state index < -0.39 is 0 Å². The highest BCUT2D eigenvalue weighted by atomic mass is 15.1. The molecule has 2 heterocycles. The molecule has 7 aromatic carbocycles. The van der Waals surface area contributed by atoms with Crippen LogP contribution in [0.4, 0.5) is 0 Å². The maximum absolute atomic E-state index is 5.44. The second-order valence-electron chi connectivity index (χ2n) is 13.6. The highest BCUT2D eigenvalue weighted by molar-refractivity contribution is 6.19. The molecule has 10 rings (SSSR count). The molecular weight excluding hydrogens is 645 g/mol. The van der Waals surface area contributed by atoms with Gasteiger partial charge in [0.05, 0.1) is 22.4 Å². The van der Waals surface area contributed by atoms with Crippen LogP contribution in [0, 0.1) is 0 Å². The summed E-state index contributed by atoms with van der Waals surface area (Å²) in [5.74, 6) is 1.95. The Balaban J connectivity index is 1.12. The SMILES string of the molecule is C1=CCC(c2nc3c4c(ccc5cc(-c6nc(-c7ccccc7)cc(-c7ccc(-c8ccccc8)cc7)n6)ccc54)ccc3n2-c2ccccc2)C=C1. The van der Waals surface area contributed by atoms with Crippen LogP contribution in [0.1, 0.15) is 18.2 Å². The van der Waals surface area contributed by atoms with Crippen molar-refractivity contribution in [1.82, 2.24) is 19.5 Å². The van der Waals surface area contributed by atoms with Gasteiger partial charge in [0.25, 0.3) is 0 Å². The van der Waals surface area contributed by atoms with Crippen molar-refractivity contribution in [2.45, 2.75) is 12.3 Å². The number of nitrogens with zero attached hydrogens (tertiary/aromatic N) is 4. The predicted molar refractivity (Wildman–Crippen MR) is 219 cm³/mol. The number of hydrogen-bond donors (Lipinski definition) is 0. The summed E-state index contributed by atoms with van der Waals surface area (Å²) in [4.78, 5) is 15.8. The van der Waals surface area contributed by atoms with Crippen LogP contribution in [-0.2, 0) is 0 Å². The molecule has 9 aromatic rings. The van der Waals surface area contributed by atoms with Crippen molar-refractivity contribution in [3.05, 3.63) is 194 Å². The van der Waals surface area contributed by atoms with Gasteiger partial charge in [-0.05, 0) is 64.0 Å². The Morgan fingerprint density at radius 2 is 1.09 bits per heavy atom. The summed E-state index contributed by atoms with van der Waals surface area (Å²) in [6.45, 7) is 0. The summed E-state index contributed by atoms with van der Waals surface area (Å²) in [6, 6.07) is 57.7. The first-order valence-corrected chi connectivity index (χ1v) is 18.1. The monoisotopic (exact) mass is 678 g/mol. The number of fused-ring (bicyclic) bond motifs is 5. The number of benzene rings is 7. The van der Waals surface area contributed by atoms with E-state index in [4.69, 9.17) is 15.0 Å². The lowest BCUT2D eigenvalue weighted by Gasteiger charge is -2.16. The molecule has 0 N–H and O–H groups in total. The zero-order valence-corrected chi connectivity index (χ0v) is 29.0. The van der Waals surface area contributed by atoms with Crippen molar-refractivity contribution in [3.8, 4) is 50.7 Å². The third-order valence-corrected chi connectivity index (χ3v) is 10.3. The second kappa shape index (κ2) is 13.0. The van der Waals surface area contributed by atoms with Gasteiger partial charge < -0.3 is 0 Å². The van der Waals surface area contributed by atoms with Crippen LogP contribution in [0.25, 0.3) is 83.3 Å². The fraction of sp³-hybridized carbons (Fsp3) is 0.0408. The molecule has 4 nitrogen and oxygen atoms in total. The van der Waals surface area contributed by atoms with Crippen LogP contribution in [0.3, 0.4) is 0 Å². The fourth-order valence-electron chi connectivity index (χ4n) is 7.66. The maximum atomic E-state index is 5.44. The molecule has 0 aliphatic heterocycles. The molecule has 1 aliphatic rings. The van der Waals surface area contributed by atoms with Gasteiger partial charge in [-0.25, -0.2) is 15.0 Å². The Bertz CT molecular complexity index is 2830. The van der Waals surface area contributed by atoms with Crippen molar-refractivity contribution in [2.75, 3.05) is 0 Å². The van der Waals surface area contributed by atoms with Gasteiger partial charge in [-0.1, -0.05) is 158 Å². The number of rotatable bonds is 6. The van der Waals surface area contributed by atoms with E-state index in [1.165, 1.54) is 16.5 Å². The third kappa shape index (κ3) is 5.62. The highest BCUT2D eigenvalue weighted by Crippen LogP contribution is 2.38. The van der Waals surface area contributed by atoms with Crippen molar-refractivity contribution in [3.63, 3.8) is 0 Å². The number of hydrogen-bond acceptors (Lipinski definition) is 3. The summed E-state index contributed by atoms with van der Waals surface area (Å²) in [7, 11) is 0.